The maximum absolute atomic E-state index is 12.0. The van der Waals surface area contributed by atoms with Crippen LogP contribution in [0.1, 0.15) is 30.3 Å². The Bertz CT molecular complexity index is 629. The van der Waals surface area contributed by atoms with E-state index in [-0.39, 0.29) is 17.8 Å². The van der Waals surface area contributed by atoms with Gasteiger partial charge in [0.2, 0.25) is 0 Å². The summed E-state index contributed by atoms with van der Waals surface area (Å²) in [6.07, 6.45) is 0.807. The summed E-state index contributed by atoms with van der Waals surface area (Å²) in [7, 11) is 0. The van der Waals surface area contributed by atoms with Gasteiger partial charge in [-0.15, -0.1) is 0 Å². The van der Waals surface area contributed by atoms with Crippen molar-refractivity contribution in [2.24, 2.45) is 0 Å². The number of aromatic nitrogens is 2. The number of nitrogens with zero attached hydrogens (tertiary/aromatic N) is 1. The van der Waals surface area contributed by atoms with E-state index in [4.69, 9.17) is 4.74 Å². The average molecular weight is 310 g/mol. The molecule has 0 saturated carbocycles. The van der Waals surface area contributed by atoms with Gasteiger partial charge >= 0.3 is 11.8 Å². The molecule has 1 aliphatic rings. The van der Waals surface area contributed by atoms with Crippen LogP contribution in [0.5, 0.6) is 0 Å². The minimum Gasteiger partial charge on any atom is -0.450 e. The second-order valence-electron chi connectivity index (χ2n) is 4.94. The van der Waals surface area contributed by atoms with Crippen LogP contribution in [-0.2, 0) is 4.74 Å². The number of likely N-dealkylation sites (tertiary alicyclic amines) is 1. The predicted molar refractivity (Wildman–Crippen MR) is 76.8 cm³/mol. The van der Waals surface area contributed by atoms with Crippen molar-refractivity contribution in [3.63, 3.8) is 0 Å². The fourth-order valence-electron chi connectivity index (χ4n) is 2.28. The molecule has 3 N–H and O–H groups in total. The normalized spacial score (nSPS) is 15.4. The highest BCUT2D eigenvalue weighted by molar-refractivity contribution is 5.92. The number of amides is 2. The van der Waals surface area contributed by atoms with Crippen molar-refractivity contribution in [3.8, 4) is 0 Å². The summed E-state index contributed by atoms with van der Waals surface area (Å²) in [4.78, 5) is 51.7. The molecule has 22 heavy (non-hydrogen) atoms. The fraction of sp³-hybridized carbons (Fsp3) is 0.538. The molecule has 0 spiro atoms. The Morgan fingerprint density at radius 1 is 1.32 bits per heavy atom. The van der Waals surface area contributed by atoms with Crippen molar-refractivity contribution in [2.75, 3.05) is 19.7 Å². The highest BCUT2D eigenvalue weighted by Crippen LogP contribution is 2.11. The first-order chi connectivity index (χ1) is 10.5. The van der Waals surface area contributed by atoms with Crippen LogP contribution in [0.15, 0.2) is 15.7 Å². The standard InChI is InChI=1S/C13H18N4O5/c1-2-22-13(21)17-5-3-8(4-6-17)14-11(19)9-7-10(18)16-12(20)15-9/h7-8H,2-6H2,1H3,(H,14,19)(H2,15,16,18,20). The lowest BCUT2D eigenvalue weighted by atomic mass is 10.1. The zero-order chi connectivity index (χ0) is 16.1. The van der Waals surface area contributed by atoms with Crippen LogP contribution in [0.4, 0.5) is 4.79 Å². The molecule has 2 heterocycles. The largest absolute Gasteiger partial charge is 0.450 e. The van der Waals surface area contributed by atoms with Gasteiger partial charge in [-0.25, -0.2) is 9.59 Å². The molecule has 2 rings (SSSR count). The summed E-state index contributed by atoms with van der Waals surface area (Å²) in [6, 6.07) is 0.908. The maximum Gasteiger partial charge on any atom is 0.409 e. The third-order valence-electron chi connectivity index (χ3n) is 3.36. The third kappa shape index (κ3) is 3.96. The van der Waals surface area contributed by atoms with Crippen LogP contribution in [0.3, 0.4) is 0 Å². The molecule has 9 heteroatoms. The number of nitrogens with one attached hydrogen (secondary N) is 3. The Morgan fingerprint density at radius 2 is 2.00 bits per heavy atom. The van der Waals surface area contributed by atoms with Gasteiger partial charge in [0, 0.05) is 25.2 Å². The fourth-order valence-corrected chi connectivity index (χ4v) is 2.28. The maximum atomic E-state index is 12.0. The van der Waals surface area contributed by atoms with Crippen molar-refractivity contribution < 1.29 is 14.3 Å². The van der Waals surface area contributed by atoms with Crippen LogP contribution < -0.4 is 16.6 Å². The summed E-state index contributed by atoms with van der Waals surface area (Å²) in [5, 5.41) is 2.74. The van der Waals surface area contributed by atoms with Gasteiger partial charge in [-0.05, 0) is 19.8 Å². The van der Waals surface area contributed by atoms with Gasteiger partial charge in [-0.3, -0.25) is 14.6 Å². The van der Waals surface area contributed by atoms with Gasteiger partial charge < -0.3 is 19.9 Å². The molecule has 1 aliphatic heterocycles. The van der Waals surface area contributed by atoms with Gasteiger partial charge in [0.25, 0.3) is 11.5 Å². The molecule has 0 radical (unpaired) electrons. The van der Waals surface area contributed by atoms with E-state index in [1.165, 1.54) is 0 Å². The molecule has 1 saturated heterocycles. The summed E-state index contributed by atoms with van der Waals surface area (Å²) in [5.41, 5.74) is -1.44. The van der Waals surface area contributed by atoms with Gasteiger partial charge in [-0.1, -0.05) is 0 Å². The topological polar surface area (TPSA) is 124 Å². The molecule has 1 aromatic heterocycles. The van der Waals surface area contributed by atoms with E-state index in [2.05, 4.69) is 10.3 Å². The molecular weight excluding hydrogens is 292 g/mol. The van der Waals surface area contributed by atoms with Crippen molar-refractivity contribution in [1.82, 2.24) is 20.2 Å². The predicted octanol–water partition coefficient (Wildman–Crippen LogP) is -0.586. The lowest BCUT2D eigenvalue weighted by molar-refractivity contribution is 0.0856. The quantitative estimate of drug-likeness (QED) is 0.688. The van der Waals surface area contributed by atoms with Crippen LogP contribution >= 0.6 is 0 Å². The first-order valence-electron chi connectivity index (χ1n) is 7.05. The Kier molecular flexibility index (Phi) is 4.97. The monoisotopic (exact) mass is 310 g/mol. The SMILES string of the molecule is CCOC(=O)N1CCC(NC(=O)c2cc(=O)[nH]c(=O)[nH]2)CC1. The molecule has 120 valence electrons. The van der Waals surface area contributed by atoms with E-state index in [1.807, 2.05) is 4.98 Å². The van der Waals surface area contributed by atoms with E-state index in [0.717, 1.165) is 6.07 Å². The Labute approximate surface area is 125 Å². The summed E-state index contributed by atoms with van der Waals surface area (Å²) >= 11 is 0. The van der Waals surface area contributed by atoms with Gasteiger partial charge in [0.15, 0.2) is 0 Å². The molecule has 0 aliphatic carbocycles. The second kappa shape index (κ2) is 6.92. The molecular formula is C13H18N4O5. The van der Waals surface area contributed by atoms with Crippen LogP contribution in [0.25, 0.3) is 0 Å². The van der Waals surface area contributed by atoms with E-state index >= 15 is 0 Å². The second-order valence-corrected chi connectivity index (χ2v) is 4.94. The number of carbonyl (C=O) groups is 2. The minimum atomic E-state index is -0.727. The first kappa shape index (κ1) is 15.8. The zero-order valence-electron chi connectivity index (χ0n) is 12.2. The lowest BCUT2D eigenvalue weighted by Crippen LogP contribution is -2.47. The first-order valence-corrected chi connectivity index (χ1v) is 7.05. The van der Waals surface area contributed by atoms with Gasteiger partial charge in [0.1, 0.15) is 5.69 Å². The molecule has 0 aromatic carbocycles. The van der Waals surface area contributed by atoms with Crippen LogP contribution in [0.2, 0.25) is 0 Å². The van der Waals surface area contributed by atoms with Crippen molar-refractivity contribution in [3.05, 3.63) is 32.6 Å². The number of H-pyrrole nitrogens is 2. The summed E-state index contributed by atoms with van der Waals surface area (Å²) < 4.78 is 4.92. The van der Waals surface area contributed by atoms with E-state index in [0.29, 0.717) is 32.5 Å². The number of piperidine rings is 1. The molecule has 1 aromatic rings. The smallest absolute Gasteiger partial charge is 0.409 e. The van der Waals surface area contributed by atoms with E-state index < -0.39 is 17.2 Å². The van der Waals surface area contributed by atoms with Crippen LogP contribution in [0, 0.1) is 0 Å². The number of hydrogen-bond acceptors (Lipinski definition) is 5. The Balaban J connectivity index is 1.90. The van der Waals surface area contributed by atoms with Gasteiger partial charge in [0.05, 0.1) is 6.61 Å². The number of ether oxygens (including phenoxy) is 1. The van der Waals surface area contributed by atoms with Crippen molar-refractivity contribution >= 4 is 12.0 Å². The number of rotatable bonds is 3. The highest BCUT2D eigenvalue weighted by atomic mass is 16.6. The van der Waals surface area contributed by atoms with Crippen molar-refractivity contribution in [2.45, 2.75) is 25.8 Å². The minimum absolute atomic E-state index is 0.0819. The molecule has 9 nitrogen and oxygen atoms in total. The summed E-state index contributed by atoms with van der Waals surface area (Å²) in [5.74, 6) is -0.516. The molecule has 2 amide bonds. The highest BCUT2D eigenvalue weighted by Gasteiger charge is 2.25. The van der Waals surface area contributed by atoms with Crippen molar-refractivity contribution in [1.29, 1.82) is 0 Å². The molecule has 1 fully saturated rings. The Hall–Kier alpha value is -2.58. The third-order valence-corrected chi connectivity index (χ3v) is 3.36. The zero-order valence-corrected chi connectivity index (χ0v) is 12.2. The van der Waals surface area contributed by atoms with E-state index in [1.54, 1.807) is 11.8 Å². The molecule has 0 atom stereocenters. The molecule has 0 unspecified atom stereocenters. The average Bonchev–Trinajstić information content (AvgIpc) is 2.47. The number of hydrogen-bond donors (Lipinski definition) is 3. The lowest BCUT2D eigenvalue weighted by Gasteiger charge is -2.31. The Morgan fingerprint density at radius 3 is 2.59 bits per heavy atom. The number of aromatic amines is 2. The number of carbonyl (C=O) groups excluding carboxylic acids is 2. The van der Waals surface area contributed by atoms with E-state index in [9.17, 15) is 19.2 Å². The van der Waals surface area contributed by atoms with Crippen LogP contribution in [-0.4, -0.2) is 52.6 Å². The summed E-state index contributed by atoms with van der Waals surface area (Å²) in [6.45, 7) is 3.03. The molecule has 0 bridgehead atoms. The van der Waals surface area contributed by atoms with Gasteiger partial charge in [-0.2, -0.15) is 0 Å².